The second kappa shape index (κ2) is 19.0. The van der Waals surface area contributed by atoms with Gasteiger partial charge in [-0.2, -0.15) is 21.6 Å². The van der Waals surface area contributed by atoms with Gasteiger partial charge >= 0.3 is 15.6 Å². The summed E-state index contributed by atoms with van der Waals surface area (Å²) in [6, 6.07) is 12.7. The van der Waals surface area contributed by atoms with Crippen LogP contribution in [-0.4, -0.2) is 60.2 Å². The van der Waals surface area contributed by atoms with Crippen LogP contribution in [0, 0.1) is 0 Å². The molecular weight excluding hydrogens is 611 g/mol. The number of alkyl halides is 3. The number of hydrogen-bond acceptors (Lipinski definition) is 9. The number of anilines is 1. The summed E-state index contributed by atoms with van der Waals surface area (Å²) in [4.78, 5) is 0. The van der Waals surface area contributed by atoms with Crippen molar-refractivity contribution < 1.29 is 51.7 Å². The molecule has 2 unspecified atom stereocenters. The topological polar surface area (TPSA) is 194 Å². The van der Waals surface area contributed by atoms with E-state index < -0.39 is 48.2 Å². The van der Waals surface area contributed by atoms with Crippen LogP contribution < -0.4 is 18.3 Å². The Labute approximate surface area is 231 Å². The van der Waals surface area contributed by atoms with Crippen LogP contribution >= 0.6 is 0 Å². The van der Waals surface area contributed by atoms with E-state index in [0.29, 0.717) is 12.1 Å². The first-order chi connectivity index (χ1) is 17.8. The Kier molecular flexibility index (Phi) is 19.0. The normalized spacial score (nSPS) is 12.7. The summed E-state index contributed by atoms with van der Waals surface area (Å²) in [7, 11) is -6.04. The summed E-state index contributed by atoms with van der Waals surface area (Å²) in [5, 5.41) is 0. The van der Waals surface area contributed by atoms with Gasteiger partial charge in [-0.15, -0.1) is 0 Å². The maximum atomic E-state index is 12.0. The highest BCUT2D eigenvalue weighted by atomic mass is 32.2. The van der Waals surface area contributed by atoms with E-state index in [1.165, 1.54) is 43.9 Å². The Morgan fingerprint density at radius 2 is 1.13 bits per heavy atom. The zero-order chi connectivity index (χ0) is 30.9. The van der Waals surface area contributed by atoms with Crippen molar-refractivity contribution in [3.63, 3.8) is 0 Å². The fourth-order valence-corrected chi connectivity index (χ4v) is 3.00. The van der Waals surface area contributed by atoms with Crippen molar-refractivity contribution in [2.24, 2.45) is 0 Å². The first-order valence-electron chi connectivity index (χ1n) is 10.5. The van der Waals surface area contributed by atoms with Crippen LogP contribution in [0.4, 0.5) is 18.9 Å². The fraction of sp³-hybridized carbons (Fsp3) is 0.400. The molecule has 226 valence electrons. The smallest absolute Gasteiger partial charge is 0.534 e. The molecule has 0 aliphatic heterocycles. The molecular formula is C20H30F3N3O9S4-2. The number of sulfonamides is 1. The van der Waals surface area contributed by atoms with Gasteiger partial charge in [0.2, 0.25) is 10.0 Å². The minimum atomic E-state index is -5.57. The van der Waals surface area contributed by atoms with Gasteiger partial charge in [-0.25, -0.2) is 8.42 Å². The van der Waals surface area contributed by atoms with E-state index in [2.05, 4.69) is 15.8 Å². The van der Waals surface area contributed by atoms with Gasteiger partial charge in [0.15, 0.2) is 0 Å². The van der Waals surface area contributed by atoms with E-state index in [1.54, 1.807) is 12.1 Å². The van der Waals surface area contributed by atoms with E-state index in [-0.39, 0.29) is 5.75 Å². The molecule has 0 fully saturated rings. The molecule has 39 heavy (non-hydrogen) atoms. The number of rotatable bonds is 8. The number of hydrogen-bond donors (Lipinski definition) is 3. The summed E-state index contributed by atoms with van der Waals surface area (Å²) >= 11 is -4.15. The molecule has 0 saturated carbocycles. The second-order valence-electron chi connectivity index (χ2n) is 6.78. The van der Waals surface area contributed by atoms with E-state index in [1.807, 2.05) is 28.5 Å². The number of halogens is 3. The molecule has 2 aromatic rings. The molecule has 2 rings (SSSR count). The Morgan fingerprint density at radius 1 is 0.795 bits per heavy atom. The highest BCUT2D eigenvalue weighted by Crippen LogP contribution is 2.26. The monoisotopic (exact) mass is 641 g/mol. The van der Waals surface area contributed by atoms with Crippen molar-refractivity contribution in [1.29, 1.82) is 0 Å². The molecule has 0 aliphatic carbocycles. The number of aryl methyl sites for hydroxylation is 2. The molecule has 0 saturated heterocycles. The predicted octanol–water partition coefficient (Wildman–Crippen LogP) is 2.10. The maximum absolute atomic E-state index is 12.0. The van der Waals surface area contributed by atoms with Gasteiger partial charge in [0.25, 0.3) is 0 Å². The fourth-order valence-electron chi connectivity index (χ4n) is 1.98. The molecule has 0 spiro atoms. The second-order valence-corrected chi connectivity index (χ2v) is 11.8. The first kappa shape index (κ1) is 39.0. The zero-order valence-electron chi connectivity index (χ0n) is 21.5. The van der Waals surface area contributed by atoms with Crippen molar-refractivity contribution >= 4 is 48.4 Å². The van der Waals surface area contributed by atoms with E-state index >= 15 is 0 Å². The van der Waals surface area contributed by atoms with Crippen molar-refractivity contribution in [3.05, 3.63) is 59.7 Å². The van der Waals surface area contributed by atoms with Gasteiger partial charge in [0.1, 0.15) is 5.75 Å². The predicted molar refractivity (Wildman–Crippen MR) is 142 cm³/mol. The summed E-state index contributed by atoms with van der Waals surface area (Å²) in [6.45, 7) is 3.92. The lowest BCUT2D eigenvalue weighted by Crippen LogP contribution is -2.28. The van der Waals surface area contributed by atoms with Crippen LogP contribution in [0.25, 0.3) is 0 Å². The Morgan fingerprint density at radius 3 is 1.38 bits per heavy atom. The van der Waals surface area contributed by atoms with Crippen LogP contribution in [0.1, 0.15) is 25.0 Å². The summed E-state index contributed by atoms with van der Waals surface area (Å²) in [6.07, 6.45) is 2.80. The van der Waals surface area contributed by atoms with Crippen LogP contribution in [0.3, 0.4) is 0 Å². The third-order valence-electron chi connectivity index (χ3n) is 3.82. The van der Waals surface area contributed by atoms with Crippen molar-refractivity contribution in [2.45, 2.75) is 32.2 Å². The van der Waals surface area contributed by atoms with Gasteiger partial charge in [-0.1, -0.05) is 38.1 Å². The third kappa shape index (κ3) is 20.4. The lowest BCUT2D eigenvalue weighted by Gasteiger charge is -2.09. The van der Waals surface area contributed by atoms with E-state index in [9.17, 15) is 47.5 Å². The quantitative estimate of drug-likeness (QED) is 0.220. The molecule has 12 nitrogen and oxygen atoms in total. The molecule has 0 aromatic heterocycles. The van der Waals surface area contributed by atoms with E-state index in [0.717, 1.165) is 18.2 Å². The standard InChI is InChI=1S/C9H9F3O3S.C9H13NO2S.2CH5NO2S/c1-2-7-3-5-8(6-4-7)15-16(13,14)9(10,11)12;1-3-8-4-6-9(7-5-8)10-13(2,11)12;2*1-2-5(3)4/h3-6H,2H2,1H3;4-7,10H,3H2,1-2H3;2*2H,1H3,(H,3,4)/p-2. The Bertz CT molecular complexity index is 1210. The van der Waals surface area contributed by atoms with E-state index in [4.69, 9.17) is 0 Å². The lowest BCUT2D eigenvalue weighted by molar-refractivity contribution is -0.0500. The first-order valence-corrected chi connectivity index (χ1v) is 16.0. The van der Waals surface area contributed by atoms with Crippen LogP contribution in [-0.2, 0) is 55.5 Å². The third-order valence-corrected chi connectivity index (χ3v) is 6.07. The average Bonchev–Trinajstić information content (AvgIpc) is 2.84. The van der Waals surface area contributed by atoms with Gasteiger partial charge in [0.05, 0.1) is 6.26 Å². The molecule has 2 atom stereocenters. The molecule has 0 heterocycles. The van der Waals surface area contributed by atoms with Crippen LogP contribution in [0.15, 0.2) is 48.5 Å². The van der Waals surface area contributed by atoms with Gasteiger partial charge < -0.3 is 13.3 Å². The molecule has 0 aliphatic rings. The average molecular weight is 642 g/mol. The van der Waals surface area contributed by atoms with Gasteiger partial charge in [0, 0.05) is 28.2 Å². The molecule has 3 N–H and O–H groups in total. The van der Waals surface area contributed by atoms with Crippen LogP contribution in [0.5, 0.6) is 5.75 Å². The molecule has 0 bridgehead atoms. The molecule has 2 aromatic carbocycles. The zero-order valence-corrected chi connectivity index (χ0v) is 24.7. The number of nitrogens with one attached hydrogen (secondary N) is 3. The SMILES string of the molecule is CCc1ccc(NS(C)(=O)=O)cc1.CCc1ccc(OS(=O)(=O)C(F)(F)F)cc1.CNS(=O)[O-].CNS(=O)[O-]. The number of benzene rings is 2. The highest BCUT2D eigenvalue weighted by Gasteiger charge is 2.48. The molecule has 19 heteroatoms. The highest BCUT2D eigenvalue weighted by molar-refractivity contribution is 7.92. The van der Waals surface area contributed by atoms with Crippen molar-refractivity contribution in [2.75, 3.05) is 25.1 Å². The van der Waals surface area contributed by atoms with Gasteiger partial charge in [-0.3, -0.25) is 22.6 Å². The van der Waals surface area contributed by atoms with Gasteiger partial charge in [-0.05, 0) is 62.3 Å². The minimum absolute atomic E-state index is 0.352. The van der Waals surface area contributed by atoms with Crippen molar-refractivity contribution in [3.8, 4) is 5.75 Å². The Balaban J connectivity index is 0. The molecule has 0 radical (unpaired) electrons. The molecule has 0 amide bonds. The van der Waals surface area contributed by atoms with Crippen LogP contribution in [0.2, 0.25) is 0 Å². The maximum Gasteiger partial charge on any atom is 0.534 e. The van der Waals surface area contributed by atoms with Crippen molar-refractivity contribution in [1.82, 2.24) is 9.44 Å². The summed E-state index contributed by atoms with van der Waals surface area (Å²) in [5.74, 6) is -0.352. The Hall–Kier alpha value is -2.13. The minimum Gasteiger partial charge on any atom is -0.760 e. The summed E-state index contributed by atoms with van der Waals surface area (Å²) < 4.78 is 126. The lowest BCUT2D eigenvalue weighted by atomic mass is 10.2. The largest absolute Gasteiger partial charge is 0.760 e. The summed E-state index contributed by atoms with van der Waals surface area (Å²) in [5.41, 5.74) is -2.73.